The van der Waals surface area contributed by atoms with Crippen molar-refractivity contribution in [2.75, 3.05) is 13.2 Å². The van der Waals surface area contributed by atoms with Crippen molar-refractivity contribution in [1.82, 2.24) is 19.9 Å². The number of imidazole rings is 1. The topological polar surface area (TPSA) is 69.0 Å². The second-order valence-corrected chi connectivity index (χ2v) is 7.05. The van der Waals surface area contributed by atoms with Crippen LogP contribution in [0.5, 0.6) is 0 Å². The van der Waals surface area contributed by atoms with Gasteiger partial charge in [0.25, 0.3) is 0 Å². The molecule has 6 heteroatoms. The average molecular weight is 344 g/mol. The van der Waals surface area contributed by atoms with Crippen LogP contribution in [0.4, 0.5) is 0 Å². The molecule has 136 valence electrons. The zero-order valence-corrected chi connectivity index (χ0v) is 15.4. The number of hydrogen-bond acceptors (Lipinski definition) is 4. The van der Waals surface area contributed by atoms with Gasteiger partial charge in [-0.3, -0.25) is 9.78 Å². The molecule has 2 rings (SSSR count). The highest BCUT2D eigenvalue weighted by Crippen LogP contribution is 2.15. The summed E-state index contributed by atoms with van der Waals surface area (Å²) in [6, 6.07) is 3.92. The first-order valence-electron chi connectivity index (χ1n) is 8.77. The largest absolute Gasteiger partial charge is 0.366 e. The van der Waals surface area contributed by atoms with Gasteiger partial charge in [-0.05, 0) is 52.2 Å². The van der Waals surface area contributed by atoms with E-state index in [-0.39, 0.29) is 18.1 Å². The van der Waals surface area contributed by atoms with Gasteiger partial charge in [0.05, 0.1) is 17.6 Å². The van der Waals surface area contributed by atoms with E-state index >= 15 is 0 Å². The number of amides is 1. The molecular formula is C19H28N4O2. The van der Waals surface area contributed by atoms with Crippen LogP contribution in [0.3, 0.4) is 0 Å². The monoisotopic (exact) mass is 344 g/mol. The number of nitrogens with zero attached hydrogens (tertiary/aromatic N) is 3. The van der Waals surface area contributed by atoms with Gasteiger partial charge < -0.3 is 14.6 Å². The van der Waals surface area contributed by atoms with Crippen LogP contribution >= 0.6 is 0 Å². The predicted molar refractivity (Wildman–Crippen MR) is 98.0 cm³/mol. The molecule has 0 aliphatic carbocycles. The molecule has 0 unspecified atom stereocenters. The number of rotatable bonds is 9. The van der Waals surface area contributed by atoms with Crippen LogP contribution in [0.2, 0.25) is 0 Å². The van der Waals surface area contributed by atoms with Crippen molar-refractivity contribution in [3.05, 3.63) is 37.1 Å². The van der Waals surface area contributed by atoms with Crippen molar-refractivity contribution in [2.24, 2.45) is 0 Å². The molecule has 0 saturated carbocycles. The molecule has 25 heavy (non-hydrogen) atoms. The Bertz CT molecular complexity index is 647. The second-order valence-electron chi connectivity index (χ2n) is 7.05. The average Bonchev–Trinajstić information content (AvgIpc) is 3.05. The molecule has 2 aromatic rings. The summed E-state index contributed by atoms with van der Waals surface area (Å²) in [5.41, 5.74) is 1.69. The predicted octanol–water partition coefficient (Wildman–Crippen LogP) is 3.05. The Balaban J connectivity index is 1.58. The van der Waals surface area contributed by atoms with Crippen molar-refractivity contribution in [3.63, 3.8) is 0 Å². The number of carbonyl (C=O) groups is 1. The first-order chi connectivity index (χ1) is 11.9. The van der Waals surface area contributed by atoms with Crippen LogP contribution in [0.15, 0.2) is 37.1 Å². The molecule has 0 spiro atoms. The fourth-order valence-electron chi connectivity index (χ4n) is 2.30. The van der Waals surface area contributed by atoms with E-state index in [0.717, 1.165) is 37.1 Å². The van der Waals surface area contributed by atoms with E-state index in [1.54, 1.807) is 6.20 Å². The summed E-state index contributed by atoms with van der Waals surface area (Å²) in [4.78, 5) is 20.2. The fourth-order valence-corrected chi connectivity index (χ4v) is 2.30. The maximum atomic E-state index is 11.6. The van der Waals surface area contributed by atoms with Gasteiger partial charge in [0.15, 0.2) is 0 Å². The minimum atomic E-state index is -0.281. The molecule has 0 atom stereocenters. The van der Waals surface area contributed by atoms with Crippen molar-refractivity contribution >= 4 is 5.91 Å². The minimum Gasteiger partial charge on any atom is -0.366 e. The Labute approximate surface area is 149 Å². The first-order valence-corrected chi connectivity index (χ1v) is 8.77. The van der Waals surface area contributed by atoms with E-state index in [0.29, 0.717) is 6.54 Å². The van der Waals surface area contributed by atoms with Gasteiger partial charge in [-0.2, -0.15) is 0 Å². The maximum absolute atomic E-state index is 11.6. The molecule has 0 fully saturated rings. The third-order valence-electron chi connectivity index (χ3n) is 3.64. The Kier molecular flexibility index (Phi) is 7.13. The smallest absolute Gasteiger partial charge is 0.246 e. The van der Waals surface area contributed by atoms with E-state index in [1.165, 1.54) is 0 Å². The number of nitrogens with one attached hydrogen (secondary N) is 1. The number of aryl methyl sites for hydroxylation is 1. The molecule has 0 aromatic carbocycles. The highest BCUT2D eigenvalue weighted by Gasteiger charge is 2.12. The van der Waals surface area contributed by atoms with Gasteiger partial charge in [0, 0.05) is 37.2 Å². The molecular weight excluding hydrogens is 316 g/mol. The van der Waals surface area contributed by atoms with E-state index in [1.807, 2.05) is 51.6 Å². The molecule has 2 aromatic heterocycles. The second kappa shape index (κ2) is 9.32. The first kappa shape index (κ1) is 19.1. The summed E-state index contributed by atoms with van der Waals surface area (Å²) >= 11 is 0. The number of hydrogen-bond donors (Lipinski definition) is 1. The lowest BCUT2D eigenvalue weighted by molar-refractivity contribution is -0.130. The Morgan fingerprint density at radius 2 is 2.12 bits per heavy atom. The van der Waals surface area contributed by atoms with Crippen molar-refractivity contribution in [1.29, 1.82) is 0 Å². The molecule has 0 bridgehead atoms. The highest BCUT2D eigenvalue weighted by atomic mass is 16.5. The van der Waals surface area contributed by atoms with E-state index in [9.17, 15) is 4.79 Å². The number of pyridine rings is 1. The summed E-state index contributed by atoms with van der Waals surface area (Å²) in [5, 5.41) is 2.89. The van der Waals surface area contributed by atoms with Gasteiger partial charge in [-0.1, -0.05) is 0 Å². The lowest BCUT2D eigenvalue weighted by atomic mass is 10.2. The Morgan fingerprint density at radius 1 is 1.28 bits per heavy atom. The minimum absolute atomic E-state index is 0.0503. The van der Waals surface area contributed by atoms with Gasteiger partial charge in [0.1, 0.15) is 6.61 Å². The molecule has 1 amide bonds. The van der Waals surface area contributed by atoms with E-state index in [2.05, 4.69) is 19.9 Å². The molecule has 2 heterocycles. The fraction of sp³-hybridized carbons (Fsp3) is 0.526. The molecule has 0 saturated heterocycles. The zero-order chi connectivity index (χ0) is 18.1. The normalized spacial score (nSPS) is 11.5. The number of carbonyl (C=O) groups excluding carboxylic acids is 1. The molecule has 0 radical (unpaired) electrons. The third-order valence-corrected chi connectivity index (χ3v) is 3.64. The van der Waals surface area contributed by atoms with E-state index in [4.69, 9.17) is 4.74 Å². The van der Waals surface area contributed by atoms with Gasteiger partial charge in [-0.25, -0.2) is 4.98 Å². The quantitative estimate of drug-likeness (QED) is 0.710. The van der Waals surface area contributed by atoms with Crippen LogP contribution in [-0.4, -0.2) is 39.2 Å². The van der Waals surface area contributed by atoms with Crippen LogP contribution in [0, 0.1) is 0 Å². The van der Waals surface area contributed by atoms with E-state index < -0.39 is 0 Å². The number of ether oxygens (including phenoxy) is 1. The lowest BCUT2D eigenvalue weighted by Gasteiger charge is -2.18. The molecule has 6 nitrogen and oxygen atoms in total. The zero-order valence-electron chi connectivity index (χ0n) is 15.4. The number of unbranched alkanes of at least 4 members (excludes halogenated alkanes) is 2. The standard InChI is InChI=1S/C19H28N4O2/c1-19(2,3)25-14-18(24)21-10-5-4-6-11-23-13-17(22-15-23)16-8-7-9-20-12-16/h7-9,12-13,15H,4-6,10-11,14H2,1-3H3,(H,21,24). The van der Waals surface area contributed by atoms with Crippen LogP contribution in [0.25, 0.3) is 11.3 Å². The van der Waals surface area contributed by atoms with Crippen molar-refractivity contribution in [3.8, 4) is 11.3 Å². The summed E-state index contributed by atoms with van der Waals surface area (Å²) in [5.74, 6) is -0.0503. The lowest BCUT2D eigenvalue weighted by Crippen LogP contribution is -2.32. The van der Waals surface area contributed by atoms with Crippen LogP contribution in [-0.2, 0) is 16.1 Å². The maximum Gasteiger partial charge on any atom is 0.246 e. The molecule has 0 aliphatic rings. The van der Waals surface area contributed by atoms with Crippen LogP contribution < -0.4 is 5.32 Å². The Morgan fingerprint density at radius 3 is 2.84 bits per heavy atom. The van der Waals surface area contributed by atoms with Gasteiger partial charge in [0.2, 0.25) is 5.91 Å². The van der Waals surface area contributed by atoms with Gasteiger partial charge in [-0.15, -0.1) is 0 Å². The van der Waals surface area contributed by atoms with Crippen molar-refractivity contribution < 1.29 is 9.53 Å². The summed E-state index contributed by atoms with van der Waals surface area (Å²) in [6.45, 7) is 7.56. The molecule has 0 aliphatic heterocycles. The van der Waals surface area contributed by atoms with Crippen LogP contribution in [0.1, 0.15) is 40.0 Å². The van der Waals surface area contributed by atoms with Crippen molar-refractivity contribution in [2.45, 2.75) is 52.2 Å². The van der Waals surface area contributed by atoms with Gasteiger partial charge >= 0.3 is 0 Å². The highest BCUT2D eigenvalue weighted by molar-refractivity contribution is 5.77. The molecule has 1 N–H and O–H groups in total. The number of aromatic nitrogens is 3. The third kappa shape index (κ3) is 7.47. The SMILES string of the molecule is CC(C)(C)OCC(=O)NCCCCCn1cnc(-c2cccnc2)c1. The summed E-state index contributed by atoms with van der Waals surface area (Å²) in [7, 11) is 0. The Hall–Kier alpha value is -2.21. The summed E-state index contributed by atoms with van der Waals surface area (Å²) < 4.78 is 7.53. The summed E-state index contributed by atoms with van der Waals surface area (Å²) in [6.07, 6.45) is 10.5.